The molecule has 6 rings (SSSR count). The van der Waals surface area contributed by atoms with Gasteiger partial charge in [0, 0.05) is 54.3 Å². The maximum absolute atomic E-state index is 12.9. The Morgan fingerprint density at radius 2 is 1.65 bits per heavy atom. The zero-order chi connectivity index (χ0) is 35.1. The molecule has 1 saturated heterocycles. The van der Waals surface area contributed by atoms with Crippen molar-refractivity contribution in [2.45, 2.75) is 86.0 Å². The number of anilines is 2. The number of aryl methyl sites for hydroxylation is 2. The number of aromatic nitrogens is 3. The summed E-state index contributed by atoms with van der Waals surface area (Å²) in [5.74, 6) is -0.426. The smallest absolute Gasteiger partial charge is 0.337 e. The van der Waals surface area contributed by atoms with Crippen LogP contribution in [0.4, 0.5) is 11.5 Å². The van der Waals surface area contributed by atoms with Crippen LogP contribution < -0.4 is 9.80 Å². The van der Waals surface area contributed by atoms with Crippen LogP contribution in [0.15, 0.2) is 54.6 Å². The first kappa shape index (κ1) is 34.1. The second-order valence-corrected chi connectivity index (χ2v) is 15.1. The number of piperidine rings is 1. The Kier molecular flexibility index (Phi) is 9.21. The minimum absolute atomic E-state index is 0.220. The molecule has 2 aromatic heterocycles. The van der Waals surface area contributed by atoms with E-state index >= 15 is 0 Å². The molecule has 2 aliphatic heterocycles. The minimum atomic E-state index is -1.16. The van der Waals surface area contributed by atoms with Crippen molar-refractivity contribution in [1.82, 2.24) is 15.2 Å². The number of aliphatic carboxylic acids is 1. The van der Waals surface area contributed by atoms with Gasteiger partial charge in [0.1, 0.15) is 6.07 Å². The third-order valence-electron chi connectivity index (χ3n) is 9.74. The number of rotatable bonds is 7. The molecule has 2 aliphatic rings. The van der Waals surface area contributed by atoms with E-state index in [9.17, 15) is 15.2 Å². The van der Waals surface area contributed by atoms with Crippen molar-refractivity contribution < 1.29 is 14.6 Å². The topological polar surface area (TPSA) is 115 Å². The van der Waals surface area contributed by atoms with Crippen LogP contribution in [0.1, 0.15) is 87.2 Å². The van der Waals surface area contributed by atoms with E-state index < -0.39 is 17.7 Å². The standard InChI is InChI=1S/C40H46N6O3/c1-25-33(35(45-19-16-40(6,7)17-20-45)34(26(2)42-25)36(38(47)48)49-39(3,4)5)29-13-14-30-24-46(18-15-28(30)21-29)37-31(23-41)22-32(43-44-37)27-11-9-8-10-12-27/h8-14,21-22,36H,15-20,24H2,1-7H3,(H,47,48). The van der Waals surface area contributed by atoms with Gasteiger partial charge in [0.2, 0.25) is 0 Å². The Balaban J connectivity index is 1.39. The van der Waals surface area contributed by atoms with Crippen LogP contribution in [0.5, 0.6) is 0 Å². The van der Waals surface area contributed by atoms with E-state index in [2.05, 4.69) is 58.1 Å². The summed E-state index contributed by atoms with van der Waals surface area (Å²) >= 11 is 0. The van der Waals surface area contributed by atoms with Crippen molar-refractivity contribution in [2.75, 3.05) is 29.4 Å². The molecular weight excluding hydrogens is 612 g/mol. The molecule has 49 heavy (non-hydrogen) atoms. The molecule has 0 spiro atoms. The number of carboxylic acids is 1. The van der Waals surface area contributed by atoms with Crippen molar-refractivity contribution in [3.63, 3.8) is 0 Å². The maximum atomic E-state index is 12.9. The molecule has 4 heterocycles. The molecule has 2 aromatic carbocycles. The Hall–Kier alpha value is -4.81. The van der Waals surface area contributed by atoms with Gasteiger partial charge >= 0.3 is 5.97 Å². The third-order valence-corrected chi connectivity index (χ3v) is 9.74. The second kappa shape index (κ2) is 13.2. The van der Waals surface area contributed by atoms with Crippen LogP contribution in [0, 0.1) is 30.6 Å². The first-order chi connectivity index (χ1) is 23.2. The molecule has 0 bridgehead atoms. The normalized spacial score (nSPS) is 16.5. The summed E-state index contributed by atoms with van der Waals surface area (Å²) in [5, 5.41) is 29.6. The average molecular weight is 659 g/mol. The van der Waals surface area contributed by atoms with Gasteiger partial charge in [0.15, 0.2) is 11.9 Å². The van der Waals surface area contributed by atoms with Crippen molar-refractivity contribution in [3.05, 3.63) is 88.2 Å². The summed E-state index contributed by atoms with van der Waals surface area (Å²) in [6.45, 7) is 17.1. The highest BCUT2D eigenvalue weighted by molar-refractivity contribution is 5.88. The fraction of sp³-hybridized carbons (Fsp3) is 0.425. The molecule has 0 amide bonds. The zero-order valence-corrected chi connectivity index (χ0v) is 29.7. The molecule has 9 heteroatoms. The second-order valence-electron chi connectivity index (χ2n) is 15.1. The van der Waals surface area contributed by atoms with E-state index in [0.29, 0.717) is 41.4 Å². The van der Waals surface area contributed by atoms with Gasteiger partial charge in [-0.05, 0) is 82.1 Å². The molecule has 0 saturated carbocycles. The molecule has 1 fully saturated rings. The van der Waals surface area contributed by atoms with Crippen LogP contribution in [0.25, 0.3) is 22.4 Å². The van der Waals surface area contributed by atoms with E-state index in [0.717, 1.165) is 66.0 Å². The highest BCUT2D eigenvalue weighted by Gasteiger charge is 2.37. The number of nitriles is 1. The third kappa shape index (κ3) is 7.16. The average Bonchev–Trinajstić information content (AvgIpc) is 3.06. The highest BCUT2D eigenvalue weighted by Crippen LogP contribution is 2.45. The summed E-state index contributed by atoms with van der Waals surface area (Å²) in [7, 11) is 0. The number of pyridine rings is 1. The lowest BCUT2D eigenvalue weighted by Gasteiger charge is -2.41. The molecule has 4 aromatic rings. The summed E-state index contributed by atoms with van der Waals surface area (Å²) in [5.41, 5.74) is 9.10. The van der Waals surface area contributed by atoms with Crippen molar-refractivity contribution in [3.8, 4) is 28.5 Å². The molecule has 1 unspecified atom stereocenters. The highest BCUT2D eigenvalue weighted by atomic mass is 16.5. The lowest BCUT2D eigenvalue weighted by atomic mass is 9.81. The molecule has 0 radical (unpaired) electrons. The fourth-order valence-electron chi connectivity index (χ4n) is 7.10. The van der Waals surface area contributed by atoms with E-state index in [1.807, 2.05) is 71.0 Å². The minimum Gasteiger partial charge on any atom is -0.479 e. The number of carbonyl (C=O) groups is 1. The molecule has 1 atom stereocenters. The monoisotopic (exact) mass is 658 g/mol. The predicted octanol–water partition coefficient (Wildman–Crippen LogP) is 7.82. The number of nitrogens with zero attached hydrogens (tertiary/aromatic N) is 6. The van der Waals surface area contributed by atoms with Gasteiger partial charge in [-0.2, -0.15) is 5.26 Å². The zero-order valence-electron chi connectivity index (χ0n) is 29.7. The first-order valence-electron chi connectivity index (χ1n) is 17.1. The molecule has 1 N–H and O–H groups in total. The summed E-state index contributed by atoms with van der Waals surface area (Å²) in [6.07, 6.45) is 1.61. The summed E-state index contributed by atoms with van der Waals surface area (Å²) in [4.78, 5) is 22.3. The van der Waals surface area contributed by atoms with Crippen molar-refractivity contribution in [1.29, 1.82) is 5.26 Å². The first-order valence-corrected chi connectivity index (χ1v) is 17.1. The van der Waals surface area contributed by atoms with Crippen LogP contribution in [-0.2, 0) is 22.5 Å². The Morgan fingerprint density at radius 3 is 2.31 bits per heavy atom. The van der Waals surface area contributed by atoms with Gasteiger partial charge in [-0.25, -0.2) is 4.79 Å². The van der Waals surface area contributed by atoms with Gasteiger partial charge in [0.25, 0.3) is 0 Å². The quantitative estimate of drug-likeness (QED) is 0.212. The van der Waals surface area contributed by atoms with Crippen LogP contribution in [-0.4, -0.2) is 51.5 Å². The van der Waals surface area contributed by atoms with E-state index in [1.54, 1.807) is 0 Å². The molecule has 0 aliphatic carbocycles. The van der Waals surface area contributed by atoms with Gasteiger partial charge in [-0.3, -0.25) is 4.98 Å². The Labute approximate surface area is 289 Å². The summed E-state index contributed by atoms with van der Waals surface area (Å²) in [6, 6.07) is 20.4. The van der Waals surface area contributed by atoms with Crippen LogP contribution >= 0.6 is 0 Å². The molecule has 9 nitrogen and oxygen atoms in total. The largest absolute Gasteiger partial charge is 0.479 e. The maximum Gasteiger partial charge on any atom is 0.337 e. The number of ether oxygens (including phenoxy) is 1. The van der Waals surface area contributed by atoms with Crippen LogP contribution in [0.2, 0.25) is 0 Å². The van der Waals surface area contributed by atoms with Gasteiger partial charge < -0.3 is 19.6 Å². The van der Waals surface area contributed by atoms with Gasteiger partial charge in [-0.1, -0.05) is 62.4 Å². The van der Waals surface area contributed by atoms with E-state index in [1.165, 1.54) is 5.56 Å². The lowest BCUT2D eigenvalue weighted by molar-refractivity contribution is -0.160. The number of hydrogen-bond donors (Lipinski definition) is 1. The Bertz CT molecular complexity index is 1920. The lowest BCUT2D eigenvalue weighted by Crippen LogP contribution is -2.39. The van der Waals surface area contributed by atoms with Gasteiger partial charge in [-0.15, -0.1) is 10.2 Å². The number of hydrogen-bond acceptors (Lipinski definition) is 8. The fourth-order valence-corrected chi connectivity index (χ4v) is 7.10. The van der Waals surface area contributed by atoms with E-state index in [4.69, 9.17) is 9.72 Å². The summed E-state index contributed by atoms with van der Waals surface area (Å²) < 4.78 is 6.26. The van der Waals surface area contributed by atoms with Gasteiger partial charge in [0.05, 0.1) is 22.5 Å². The molecule has 254 valence electrons. The predicted molar refractivity (Wildman–Crippen MR) is 193 cm³/mol. The molecular formula is C40H46N6O3. The van der Waals surface area contributed by atoms with Crippen molar-refractivity contribution in [2.24, 2.45) is 5.41 Å². The van der Waals surface area contributed by atoms with E-state index in [-0.39, 0.29) is 5.41 Å². The van der Waals surface area contributed by atoms with Crippen molar-refractivity contribution >= 4 is 17.5 Å². The SMILES string of the molecule is Cc1nc(C)c(C(OC(C)(C)C)C(=O)O)c(N2CCC(C)(C)CC2)c1-c1ccc2c(c1)CCN(c1nnc(-c3ccccc3)cc1C#N)C2. The van der Waals surface area contributed by atoms with Crippen LogP contribution in [0.3, 0.4) is 0 Å². The Morgan fingerprint density at radius 1 is 0.939 bits per heavy atom. The number of benzene rings is 2. The number of fused-ring (bicyclic) bond motifs is 1. The number of carboxylic acid groups (broad SMARTS) is 1.